The van der Waals surface area contributed by atoms with Crippen LogP contribution in [0, 0.1) is 0 Å². The molecule has 0 bridgehead atoms. The zero-order chi connectivity index (χ0) is 25.0. The van der Waals surface area contributed by atoms with Crippen LogP contribution in [0.2, 0.25) is 12.6 Å². The molecule has 181 valence electrons. The third-order valence-electron chi connectivity index (χ3n) is 3.57. The Morgan fingerprint density at radius 3 is 1.03 bits per heavy atom. The topological polar surface area (TPSA) is 0 Å². The van der Waals surface area contributed by atoms with Crippen molar-refractivity contribution < 1.29 is 74.6 Å². The van der Waals surface area contributed by atoms with E-state index in [4.69, 9.17) is 11.1 Å². The first-order valence-corrected chi connectivity index (χ1v) is 10.1. The number of rotatable bonds is 9. The smallest absolute Gasteiger partial charge is 0.200 e. The molecule has 0 spiro atoms. The highest BCUT2D eigenvalue weighted by molar-refractivity contribution is 7.06. The van der Waals surface area contributed by atoms with Crippen molar-refractivity contribution in [3.8, 4) is 0 Å². The molecule has 0 heterocycles. The minimum absolute atomic E-state index is 0.904. The SMILES string of the molecule is C[Si](Cl)CCC(F)(F)C(F)(F)C(F)(F)C(F)(F)C(F)(F)C(F)(F)C(F)(F)C(F)(F)F. The monoisotopic (exact) mass is 525 g/mol. The summed E-state index contributed by atoms with van der Waals surface area (Å²) in [6.45, 7) is 0.904. The number of alkyl halides is 17. The van der Waals surface area contributed by atoms with Gasteiger partial charge in [-0.05, 0) is 6.04 Å². The maximum absolute atomic E-state index is 13.4. The lowest BCUT2D eigenvalue weighted by Crippen LogP contribution is -2.74. The predicted molar refractivity (Wildman–Crippen MR) is 67.6 cm³/mol. The van der Waals surface area contributed by atoms with Crippen LogP contribution < -0.4 is 0 Å². The molecule has 0 amide bonds. The Bertz CT molecular complexity index is 607. The summed E-state index contributed by atoms with van der Waals surface area (Å²) in [6, 6.07) is -1.24. The molecular weight excluding hydrogens is 519 g/mol. The maximum Gasteiger partial charge on any atom is 0.460 e. The fraction of sp³-hybridized carbons (Fsp3) is 1.00. The lowest BCUT2D eigenvalue weighted by molar-refractivity contribution is -0.461. The summed E-state index contributed by atoms with van der Waals surface area (Å²) in [4.78, 5) is 0. The average molecular weight is 526 g/mol. The molecule has 30 heavy (non-hydrogen) atoms. The van der Waals surface area contributed by atoms with Gasteiger partial charge in [-0.2, -0.15) is 85.7 Å². The van der Waals surface area contributed by atoms with E-state index in [0.717, 1.165) is 6.55 Å². The second kappa shape index (κ2) is 7.72. The Kier molecular flexibility index (Phi) is 7.54. The quantitative estimate of drug-likeness (QED) is 0.169. The van der Waals surface area contributed by atoms with Crippen LogP contribution in [-0.2, 0) is 0 Å². The fourth-order valence-electron chi connectivity index (χ4n) is 1.68. The van der Waals surface area contributed by atoms with E-state index in [-0.39, 0.29) is 0 Å². The van der Waals surface area contributed by atoms with Crippen molar-refractivity contribution in [1.82, 2.24) is 0 Å². The molecule has 0 aliphatic carbocycles. The minimum Gasteiger partial charge on any atom is -0.200 e. The van der Waals surface area contributed by atoms with Crippen molar-refractivity contribution in [2.24, 2.45) is 0 Å². The van der Waals surface area contributed by atoms with E-state index in [1.807, 2.05) is 0 Å². The number of halogens is 18. The molecule has 0 fully saturated rings. The largest absolute Gasteiger partial charge is 0.460 e. The first kappa shape index (κ1) is 29.3. The van der Waals surface area contributed by atoms with Gasteiger partial charge in [-0.1, -0.05) is 6.55 Å². The lowest BCUT2D eigenvalue weighted by atomic mass is 9.88. The molecule has 0 aromatic heterocycles. The van der Waals surface area contributed by atoms with E-state index in [1.165, 1.54) is 0 Å². The summed E-state index contributed by atoms with van der Waals surface area (Å²) in [7, 11) is -2.46. The van der Waals surface area contributed by atoms with E-state index in [1.54, 1.807) is 0 Å². The first-order valence-electron chi connectivity index (χ1n) is 6.86. The molecule has 0 nitrogen and oxygen atoms in total. The van der Waals surface area contributed by atoms with Crippen LogP contribution in [0.5, 0.6) is 0 Å². The molecule has 0 saturated carbocycles. The Morgan fingerprint density at radius 1 is 0.500 bits per heavy atom. The summed E-state index contributed by atoms with van der Waals surface area (Å²) in [5, 5.41) is 0. The van der Waals surface area contributed by atoms with Gasteiger partial charge in [0, 0.05) is 6.42 Å². The van der Waals surface area contributed by atoms with E-state index in [2.05, 4.69) is 0 Å². The van der Waals surface area contributed by atoms with Gasteiger partial charge in [0.25, 0.3) is 0 Å². The minimum atomic E-state index is -8.59. The summed E-state index contributed by atoms with van der Waals surface area (Å²) in [5.74, 6) is -55.9. The van der Waals surface area contributed by atoms with Crippen LogP contribution in [0.15, 0.2) is 0 Å². The molecule has 0 saturated heterocycles. The standard InChI is InChI=1S/C11H7ClF17Si/c1-30(12)3-2-4(13,14)5(15,16)6(17,18)7(19,20)8(21,22)9(23,24)10(25,26)11(27,28)29/h2-3H2,1H3. The summed E-state index contributed by atoms with van der Waals surface area (Å²) >= 11 is 5.14. The molecular formula is C11H7ClF17Si. The van der Waals surface area contributed by atoms with Crippen molar-refractivity contribution in [1.29, 1.82) is 0 Å². The second-order valence-corrected chi connectivity index (χ2v) is 9.61. The predicted octanol–water partition coefficient (Wildman–Crippen LogP) is 7.25. The van der Waals surface area contributed by atoms with Crippen molar-refractivity contribution in [3.05, 3.63) is 0 Å². The van der Waals surface area contributed by atoms with Gasteiger partial charge in [0.1, 0.15) is 0 Å². The van der Waals surface area contributed by atoms with E-state index >= 15 is 0 Å². The van der Waals surface area contributed by atoms with Crippen LogP contribution in [-0.4, -0.2) is 55.7 Å². The molecule has 0 aromatic rings. The summed E-state index contributed by atoms with van der Waals surface area (Å²) in [6.07, 6.45) is -10.2. The molecule has 0 atom stereocenters. The molecule has 0 unspecified atom stereocenters. The van der Waals surface area contributed by atoms with E-state index in [0.29, 0.717) is 0 Å². The highest BCUT2D eigenvalue weighted by Gasteiger charge is 2.95. The fourth-order valence-corrected chi connectivity index (χ4v) is 2.62. The Morgan fingerprint density at radius 2 is 0.767 bits per heavy atom. The van der Waals surface area contributed by atoms with E-state index < -0.39 is 68.2 Å². The van der Waals surface area contributed by atoms with Gasteiger partial charge in [-0.3, -0.25) is 0 Å². The van der Waals surface area contributed by atoms with Crippen molar-refractivity contribution >= 4 is 19.2 Å². The van der Waals surface area contributed by atoms with Crippen LogP contribution in [0.25, 0.3) is 0 Å². The van der Waals surface area contributed by atoms with Gasteiger partial charge in [-0.15, -0.1) is 0 Å². The van der Waals surface area contributed by atoms with Crippen molar-refractivity contribution in [2.45, 2.75) is 66.6 Å². The van der Waals surface area contributed by atoms with Gasteiger partial charge in [0.15, 0.2) is 8.11 Å². The molecule has 1 radical (unpaired) electrons. The number of hydrogen-bond donors (Lipinski definition) is 0. The summed E-state index contributed by atoms with van der Waals surface area (Å²) < 4.78 is 220. The normalized spacial score (nSPS) is 16.4. The highest BCUT2D eigenvalue weighted by Crippen LogP contribution is 2.64. The zero-order valence-corrected chi connectivity index (χ0v) is 15.5. The summed E-state index contributed by atoms with van der Waals surface area (Å²) in [5.41, 5.74) is 0. The molecule has 0 aromatic carbocycles. The molecule has 0 aliphatic rings. The third kappa shape index (κ3) is 4.05. The molecule has 0 N–H and O–H groups in total. The van der Waals surface area contributed by atoms with Crippen LogP contribution in [0.1, 0.15) is 6.42 Å². The van der Waals surface area contributed by atoms with Crippen molar-refractivity contribution in [3.63, 3.8) is 0 Å². The first-order chi connectivity index (χ1) is 12.7. The molecule has 19 heteroatoms. The van der Waals surface area contributed by atoms with Crippen molar-refractivity contribution in [2.75, 3.05) is 0 Å². The van der Waals surface area contributed by atoms with Gasteiger partial charge in [0.2, 0.25) is 0 Å². The maximum atomic E-state index is 13.4. The Labute approximate surface area is 161 Å². The third-order valence-corrected chi connectivity index (χ3v) is 5.08. The van der Waals surface area contributed by atoms with Crippen LogP contribution in [0.4, 0.5) is 74.6 Å². The van der Waals surface area contributed by atoms with Gasteiger partial charge >= 0.3 is 47.6 Å². The molecule has 0 rings (SSSR count). The Balaban J connectivity index is 6.55. The van der Waals surface area contributed by atoms with Crippen LogP contribution >= 0.6 is 11.1 Å². The zero-order valence-electron chi connectivity index (χ0n) is 13.7. The number of hydrogen-bond acceptors (Lipinski definition) is 0. The average Bonchev–Trinajstić information content (AvgIpc) is 2.50. The van der Waals surface area contributed by atoms with Gasteiger partial charge in [0.05, 0.1) is 0 Å². The van der Waals surface area contributed by atoms with Crippen LogP contribution in [0.3, 0.4) is 0 Å². The lowest BCUT2D eigenvalue weighted by Gasteiger charge is -2.42. The van der Waals surface area contributed by atoms with E-state index in [9.17, 15) is 74.6 Å². The highest BCUT2D eigenvalue weighted by atomic mass is 35.6. The molecule has 0 aliphatic heterocycles. The Hall–Kier alpha value is -0.683. The second-order valence-electron chi connectivity index (χ2n) is 5.82. The van der Waals surface area contributed by atoms with Gasteiger partial charge < -0.3 is 0 Å². The van der Waals surface area contributed by atoms with Gasteiger partial charge in [-0.25, -0.2) is 0 Å².